The molecule has 4 nitrogen and oxygen atoms in total. The molecule has 0 atom stereocenters. The lowest BCUT2D eigenvalue weighted by Crippen LogP contribution is -2.05. The predicted octanol–water partition coefficient (Wildman–Crippen LogP) is 1.98. The van der Waals surface area contributed by atoms with Crippen molar-refractivity contribution in [3.05, 3.63) is 0 Å². The van der Waals surface area contributed by atoms with Crippen molar-refractivity contribution in [2.45, 2.75) is 25.7 Å². The van der Waals surface area contributed by atoms with Gasteiger partial charge in [-0.25, -0.2) is 4.79 Å². The van der Waals surface area contributed by atoms with E-state index in [4.69, 9.17) is 9.47 Å². The van der Waals surface area contributed by atoms with Crippen LogP contribution in [0.3, 0.4) is 0 Å². The summed E-state index contributed by atoms with van der Waals surface area (Å²) in [6.07, 6.45) is 3.52. The first-order valence-corrected chi connectivity index (χ1v) is 4.51. The van der Waals surface area contributed by atoms with Gasteiger partial charge in [0.15, 0.2) is 0 Å². The third-order valence-electron chi connectivity index (χ3n) is 1.63. The highest BCUT2D eigenvalue weighted by Gasteiger charge is 1.98. The molecule has 0 fully saturated rings. The standard InChI is InChI=1S/C9H18O4/c1-11-7-5-3-4-6-8-13-9(10)12-2/h3-8H2,1-2H3. The Morgan fingerprint density at radius 2 is 1.62 bits per heavy atom. The Bertz CT molecular complexity index is 125. The largest absolute Gasteiger partial charge is 0.507 e. The van der Waals surface area contributed by atoms with Gasteiger partial charge in [-0.15, -0.1) is 0 Å². The molecule has 78 valence electrons. The van der Waals surface area contributed by atoms with Gasteiger partial charge in [0, 0.05) is 13.7 Å². The molecule has 0 aromatic carbocycles. The topological polar surface area (TPSA) is 44.8 Å². The molecular weight excluding hydrogens is 172 g/mol. The average molecular weight is 190 g/mol. The van der Waals surface area contributed by atoms with Crippen LogP contribution >= 0.6 is 0 Å². The van der Waals surface area contributed by atoms with Crippen molar-refractivity contribution >= 4 is 6.16 Å². The van der Waals surface area contributed by atoms with Crippen LogP contribution in [0, 0.1) is 0 Å². The fourth-order valence-electron chi connectivity index (χ4n) is 0.916. The van der Waals surface area contributed by atoms with E-state index in [0.29, 0.717) is 6.61 Å². The van der Waals surface area contributed by atoms with Crippen molar-refractivity contribution in [1.82, 2.24) is 0 Å². The zero-order chi connectivity index (χ0) is 9.94. The lowest BCUT2D eigenvalue weighted by Gasteiger charge is -2.02. The lowest BCUT2D eigenvalue weighted by molar-refractivity contribution is 0.0711. The number of methoxy groups -OCH3 is 2. The van der Waals surface area contributed by atoms with Crippen LogP contribution in [0.5, 0.6) is 0 Å². The minimum absolute atomic E-state index is 0.444. The van der Waals surface area contributed by atoms with E-state index in [0.717, 1.165) is 32.3 Å². The Labute approximate surface area is 79.2 Å². The van der Waals surface area contributed by atoms with Crippen LogP contribution in [0.15, 0.2) is 0 Å². The fraction of sp³-hybridized carbons (Fsp3) is 0.889. The summed E-state index contributed by atoms with van der Waals surface area (Å²) in [5.74, 6) is 0. The monoisotopic (exact) mass is 190 g/mol. The van der Waals surface area contributed by atoms with Gasteiger partial charge in [-0.1, -0.05) is 6.42 Å². The van der Waals surface area contributed by atoms with Gasteiger partial charge >= 0.3 is 6.16 Å². The molecular formula is C9H18O4. The first-order valence-electron chi connectivity index (χ1n) is 4.51. The minimum atomic E-state index is -0.600. The van der Waals surface area contributed by atoms with Crippen molar-refractivity contribution in [1.29, 1.82) is 0 Å². The maximum atomic E-state index is 10.5. The molecule has 0 radical (unpaired) electrons. The molecule has 0 amide bonds. The second-order valence-electron chi connectivity index (χ2n) is 2.71. The van der Waals surface area contributed by atoms with E-state index < -0.39 is 6.16 Å². The van der Waals surface area contributed by atoms with Crippen molar-refractivity contribution in [3.63, 3.8) is 0 Å². The third kappa shape index (κ3) is 9.14. The Morgan fingerprint density at radius 3 is 2.15 bits per heavy atom. The highest BCUT2D eigenvalue weighted by molar-refractivity contribution is 5.59. The molecule has 0 aromatic heterocycles. The second kappa shape index (κ2) is 9.32. The quantitative estimate of drug-likeness (QED) is 0.455. The summed E-state index contributed by atoms with van der Waals surface area (Å²) in [5.41, 5.74) is 0. The van der Waals surface area contributed by atoms with Gasteiger partial charge in [-0.05, 0) is 19.3 Å². The van der Waals surface area contributed by atoms with E-state index in [2.05, 4.69) is 4.74 Å². The van der Waals surface area contributed by atoms with Gasteiger partial charge in [0.2, 0.25) is 0 Å². The zero-order valence-corrected chi connectivity index (χ0v) is 8.38. The zero-order valence-electron chi connectivity index (χ0n) is 8.38. The minimum Gasteiger partial charge on any atom is -0.438 e. The highest BCUT2D eigenvalue weighted by Crippen LogP contribution is 2.00. The van der Waals surface area contributed by atoms with Gasteiger partial charge in [0.05, 0.1) is 13.7 Å². The van der Waals surface area contributed by atoms with E-state index >= 15 is 0 Å². The number of hydrogen-bond acceptors (Lipinski definition) is 4. The molecule has 0 saturated carbocycles. The van der Waals surface area contributed by atoms with Crippen molar-refractivity contribution in [2.24, 2.45) is 0 Å². The van der Waals surface area contributed by atoms with E-state index in [1.165, 1.54) is 7.11 Å². The summed E-state index contributed by atoms with van der Waals surface area (Å²) in [7, 11) is 3.00. The number of ether oxygens (including phenoxy) is 3. The van der Waals surface area contributed by atoms with E-state index in [1.807, 2.05) is 0 Å². The molecule has 0 N–H and O–H groups in total. The Balaban J connectivity index is 2.95. The number of carbonyl (C=O) groups excluding carboxylic acids is 1. The van der Waals surface area contributed by atoms with Gasteiger partial charge in [0.1, 0.15) is 0 Å². The molecule has 0 bridgehead atoms. The Morgan fingerprint density at radius 1 is 1.00 bits per heavy atom. The highest BCUT2D eigenvalue weighted by atomic mass is 16.7. The maximum Gasteiger partial charge on any atom is 0.507 e. The van der Waals surface area contributed by atoms with Crippen LogP contribution in [0.1, 0.15) is 25.7 Å². The first kappa shape index (κ1) is 12.2. The summed E-state index contributed by atoms with van der Waals surface area (Å²) in [6.45, 7) is 1.25. The SMILES string of the molecule is COCCCCCCOC(=O)OC. The molecule has 0 rings (SSSR count). The van der Waals surface area contributed by atoms with Crippen molar-refractivity contribution in [2.75, 3.05) is 27.4 Å². The smallest absolute Gasteiger partial charge is 0.438 e. The van der Waals surface area contributed by atoms with Crippen LogP contribution in [0.4, 0.5) is 4.79 Å². The third-order valence-corrected chi connectivity index (χ3v) is 1.63. The van der Waals surface area contributed by atoms with Crippen LogP contribution in [-0.4, -0.2) is 33.6 Å². The van der Waals surface area contributed by atoms with Crippen molar-refractivity contribution in [3.8, 4) is 0 Å². The molecule has 13 heavy (non-hydrogen) atoms. The van der Waals surface area contributed by atoms with Gasteiger partial charge in [0.25, 0.3) is 0 Å². The molecule has 0 heterocycles. The number of rotatable bonds is 7. The number of unbranched alkanes of at least 4 members (excludes halogenated alkanes) is 3. The van der Waals surface area contributed by atoms with Crippen LogP contribution < -0.4 is 0 Å². The molecule has 0 spiro atoms. The average Bonchev–Trinajstić information content (AvgIpc) is 2.16. The molecule has 0 unspecified atom stereocenters. The van der Waals surface area contributed by atoms with E-state index in [9.17, 15) is 4.79 Å². The van der Waals surface area contributed by atoms with Crippen LogP contribution in [-0.2, 0) is 14.2 Å². The summed E-state index contributed by atoms with van der Waals surface area (Å²) >= 11 is 0. The molecule has 0 aliphatic carbocycles. The predicted molar refractivity (Wildman–Crippen MR) is 48.7 cm³/mol. The second-order valence-corrected chi connectivity index (χ2v) is 2.71. The number of hydrogen-bond donors (Lipinski definition) is 0. The summed E-state index contributed by atoms with van der Waals surface area (Å²) in [6, 6.07) is 0. The summed E-state index contributed by atoms with van der Waals surface area (Å²) in [4.78, 5) is 10.5. The van der Waals surface area contributed by atoms with E-state index in [1.54, 1.807) is 7.11 Å². The van der Waals surface area contributed by atoms with Crippen LogP contribution in [0.2, 0.25) is 0 Å². The molecule has 4 heteroatoms. The van der Waals surface area contributed by atoms with Gasteiger partial charge < -0.3 is 14.2 Å². The summed E-state index contributed by atoms with van der Waals surface area (Å²) in [5, 5.41) is 0. The fourth-order valence-corrected chi connectivity index (χ4v) is 0.916. The first-order chi connectivity index (χ1) is 6.31. The number of carbonyl (C=O) groups is 1. The molecule has 0 aromatic rings. The molecule has 0 saturated heterocycles. The molecule has 0 aliphatic rings. The van der Waals surface area contributed by atoms with E-state index in [-0.39, 0.29) is 0 Å². The van der Waals surface area contributed by atoms with Gasteiger partial charge in [-0.2, -0.15) is 0 Å². The van der Waals surface area contributed by atoms with Gasteiger partial charge in [-0.3, -0.25) is 0 Å². The normalized spacial score (nSPS) is 9.69. The lowest BCUT2D eigenvalue weighted by atomic mass is 10.2. The molecule has 0 aliphatic heterocycles. The van der Waals surface area contributed by atoms with Crippen LogP contribution in [0.25, 0.3) is 0 Å². The summed E-state index contributed by atoms with van der Waals surface area (Å²) < 4.78 is 13.9. The Kier molecular flexibility index (Phi) is 8.77. The maximum absolute atomic E-state index is 10.5. The Hall–Kier alpha value is -0.770. The van der Waals surface area contributed by atoms with Crippen molar-refractivity contribution < 1.29 is 19.0 Å².